The number of amides is 1. The quantitative estimate of drug-likeness (QED) is 0.727. The molecule has 0 aliphatic carbocycles. The molecule has 1 fully saturated rings. The van der Waals surface area contributed by atoms with Crippen molar-refractivity contribution in [3.05, 3.63) is 71.2 Å². The Labute approximate surface area is 167 Å². The van der Waals surface area contributed by atoms with E-state index in [4.69, 9.17) is 9.72 Å². The van der Waals surface area contributed by atoms with Gasteiger partial charge in [-0.05, 0) is 36.8 Å². The number of aromatic nitrogens is 2. The second-order valence-electron chi connectivity index (χ2n) is 7.32. The van der Waals surface area contributed by atoms with E-state index in [9.17, 15) is 9.18 Å². The lowest BCUT2D eigenvalue weighted by Gasteiger charge is -2.35. The van der Waals surface area contributed by atoms with Crippen molar-refractivity contribution in [1.29, 1.82) is 0 Å². The fraction of sp³-hybridized carbons (Fsp3) is 0.273. The van der Waals surface area contributed by atoms with Crippen molar-refractivity contribution >= 4 is 22.9 Å². The summed E-state index contributed by atoms with van der Waals surface area (Å²) in [5.41, 5.74) is 4.01. The van der Waals surface area contributed by atoms with Crippen molar-refractivity contribution in [2.45, 2.75) is 13.0 Å². The summed E-state index contributed by atoms with van der Waals surface area (Å²) in [5.74, 6) is 0.341. The maximum Gasteiger partial charge on any atom is 0.254 e. The highest BCUT2D eigenvalue weighted by Crippen LogP contribution is 2.39. The second-order valence-corrected chi connectivity index (χ2v) is 7.32. The van der Waals surface area contributed by atoms with E-state index in [2.05, 4.69) is 5.32 Å². The smallest absolute Gasteiger partial charge is 0.254 e. The van der Waals surface area contributed by atoms with Gasteiger partial charge in [0, 0.05) is 18.8 Å². The number of hydrogen-bond donors (Lipinski definition) is 1. The Bertz CT molecular complexity index is 1110. The van der Waals surface area contributed by atoms with Crippen LogP contribution in [0, 0.1) is 5.82 Å². The molecule has 5 rings (SSSR count). The van der Waals surface area contributed by atoms with Crippen LogP contribution in [0.15, 0.2) is 59.8 Å². The lowest BCUT2D eigenvalue weighted by molar-refractivity contribution is -0.131. The Morgan fingerprint density at radius 2 is 1.86 bits per heavy atom. The zero-order valence-electron chi connectivity index (χ0n) is 16.1. The molecule has 1 aromatic heterocycles. The van der Waals surface area contributed by atoms with Crippen molar-refractivity contribution in [1.82, 2.24) is 14.5 Å². The molecular weight excluding hydrogens is 371 g/mol. The van der Waals surface area contributed by atoms with Crippen LogP contribution in [0.5, 0.6) is 0 Å². The number of morpholine rings is 1. The molecule has 29 heavy (non-hydrogen) atoms. The first-order valence-corrected chi connectivity index (χ1v) is 9.71. The highest BCUT2D eigenvalue weighted by Gasteiger charge is 2.36. The minimum absolute atomic E-state index is 0.0314. The highest BCUT2D eigenvalue weighted by molar-refractivity contribution is 5.98. The lowest BCUT2D eigenvalue weighted by atomic mass is 9.93. The van der Waals surface area contributed by atoms with Crippen LogP contribution < -0.4 is 5.32 Å². The number of nitrogens with one attached hydrogen (secondary N) is 1. The van der Waals surface area contributed by atoms with E-state index >= 15 is 0 Å². The third kappa shape index (κ3) is 2.98. The third-order valence-corrected chi connectivity index (χ3v) is 5.55. The molecule has 2 aliphatic heterocycles. The summed E-state index contributed by atoms with van der Waals surface area (Å²) >= 11 is 0. The van der Waals surface area contributed by atoms with Gasteiger partial charge in [0.15, 0.2) is 0 Å². The average molecular weight is 392 g/mol. The number of para-hydroxylation sites is 2. The summed E-state index contributed by atoms with van der Waals surface area (Å²) in [5, 5.41) is 3.31. The number of halogens is 1. The van der Waals surface area contributed by atoms with Gasteiger partial charge in [0.25, 0.3) is 5.91 Å². The first-order valence-electron chi connectivity index (χ1n) is 9.71. The fourth-order valence-corrected chi connectivity index (χ4v) is 4.14. The molecule has 0 saturated carbocycles. The standard InChI is InChI=1S/C22H21FN4O2/c1-14-19(21(28)26-10-12-29-13-11-26)20(15-6-8-16(23)9-7-15)27-18-5-3-2-4-17(18)25-22(27)24-14/h2-9,20H,10-13H2,1H3,(H,24,25). The summed E-state index contributed by atoms with van der Waals surface area (Å²) in [6, 6.07) is 13.8. The summed E-state index contributed by atoms with van der Waals surface area (Å²) < 4.78 is 21.1. The molecule has 0 spiro atoms. The Morgan fingerprint density at radius 1 is 1.14 bits per heavy atom. The normalized spacial score (nSPS) is 19.2. The zero-order chi connectivity index (χ0) is 20.0. The number of nitrogens with zero attached hydrogens (tertiary/aromatic N) is 3. The molecule has 0 bridgehead atoms. The minimum Gasteiger partial charge on any atom is -0.378 e. The molecule has 3 heterocycles. The molecule has 1 N–H and O–H groups in total. The Morgan fingerprint density at radius 3 is 2.62 bits per heavy atom. The SMILES string of the molecule is CC1=C(C(=O)N2CCOCC2)C(c2ccc(F)cc2)n2c(nc3ccccc32)N1. The van der Waals surface area contributed by atoms with Gasteiger partial charge in [0.1, 0.15) is 5.82 Å². The number of anilines is 1. The van der Waals surface area contributed by atoms with Gasteiger partial charge >= 0.3 is 0 Å². The molecule has 2 aromatic carbocycles. The summed E-state index contributed by atoms with van der Waals surface area (Å²) in [6.07, 6.45) is 0. The topological polar surface area (TPSA) is 59.4 Å². The van der Waals surface area contributed by atoms with Crippen LogP contribution >= 0.6 is 0 Å². The molecule has 1 atom stereocenters. The third-order valence-electron chi connectivity index (χ3n) is 5.55. The number of rotatable bonds is 2. The monoisotopic (exact) mass is 392 g/mol. The van der Waals surface area contributed by atoms with Gasteiger partial charge in [-0.2, -0.15) is 0 Å². The van der Waals surface area contributed by atoms with Crippen molar-refractivity contribution in [3.8, 4) is 0 Å². The summed E-state index contributed by atoms with van der Waals surface area (Å²) in [6.45, 7) is 4.08. The van der Waals surface area contributed by atoms with Crippen LogP contribution in [0.25, 0.3) is 11.0 Å². The molecule has 1 unspecified atom stereocenters. The van der Waals surface area contributed by atoms with Crippen LogP contribution in [-0.2, 0) is 9.53 Å². The molecule has 1 amide bonds. The van der Waals surface area contributed by atoms with Gasteiger partial charge in [-0.1, -0.05) is 24.3 Å². The van der Waals surface area contributed by atoms with E-state index in [0.29, 0.717) is 37.8 Å². The van der Waals surface area contributed by atoms with E-state index in [1.165, 1.54) is 12.1 Å². The molecule has 0 radical (unpaired) electrons. The Hall–Kier alpha value is -3.19. The van der Waals surface area contributed by atoms with Crippen molar-refractivity contribution in [3.63, 3.8) is 0 Å². The average Bonchev–Trinajstić information content (AvgIpc) is 3.11. The van der Waals surface area contributed by atoms with Gasteiger partial charge < -0.3 is 15.0 Å². The number of carbonyl (C=O) groups excluding carboxylic acids is 1. The largest absolute Gasteiger partial charge is 0.378 e. The van der Waals surface area contributed by atoms with Crippen molar-refractivity contribution in [2.75, 3.05) is 31.6 Å². The number of allylic oxidation sites excluding steroid dienone is 1. The van der Waals surface area contributed by atoms with Crippen LogP contribution in [0.1, 0.15) is 18.5 Å². The molecule has 7 heteroatoms. The Balaban J connectivity index is 1.69. The number of benzene rings is 2. The molecular formula is C22H21FN4O2. The molecule has 2 aliphatic rings. The molecule has 1 saturated heterocycles. The van der Waals surface area contributed by atoms with Gasteiger partial charge in [-0.25, -0.2) is 9.37 Å². The van der Waals surface area contributed by atoms with Gasteiger partial charge in [-0.3, -0.25) is 9.36 Å². The zero-order valence-corrected chi connectivity index (χ0v) is 16.1. The predicted molar refractivity (Wildman–Crippen MR) is 108 cm³/mol. The van der Waals surface area contributed by atoms with E-state index in [0.717, 1.165) is 22.3 Å². The predicted octanol–water partition coefficient (Wildman–Crippen LogP) is 3.32. The van der Waals surface area contributed by atoms with E-state index in [-0.39, 0.29) is 11.7 Å². The number of ether oxygens (including phenoxy) is 1. The maximum absolute atomic E-state index is 13.6. The van der Waals surface area contributed by atoms with Crippen LogP contribution in [0.4, 0.5) is 10.3 Å². The van der Waals surface area contributed by atoms with Crippen LogP contribution in [0.2, 0.25) is 0 Å². The number of fused-ring (bicyclic) bond motifs is 3. The number of imidazole rings is 1. The van der Waals surface area contributed by atoms with Gasteiger partial charge in [0.2, 0.25) is 5.95 Å². The lowest BCUT2D eigenvalue weighted by Crippen LogP contribution is -2.44. The van der Waals surface area contributed by atoms with Crippen LogP contribution in [-0.4, -0.2) is 46.7 Å². The first-order chi connectivity index (χ1) is 14.1. The van der Waals surface area contributed by atoms with Crippen molar-refractivity contribution < 1.29 is 13.9 Å². The van der Waals surface area contributed by atoms with Gasteiger partial charge in [-0.15, -0.1) is 0 Å². The van der Waals surface area contributed by atoms with E-state index < -0.39 is 6.04 Å². The minimum atomic E-state index is -0.394. The molecule has 6 nitrogen and oxygen atoms in total. The number of hydrogen-bond acceptors (Lipinski definition) is 4. The van der Waals surface area contributed by atoms with Gasteiger partial charge in [0.05, 0.1) is 35.9 Å². The maximum atomic E-state index is 13.6. The summed E-state index contributed by atoms with van der Waals surface area (Å²) in [7, 11) is 0. The fourth-order valence-electron chi connectivity index (χ4n) is 4.14. The Kier molecular flexibility index (Phi) is 4.32. The van der Waals surface area contributed by atoms with Crippen molar-refractivity contribution in [2.24, 2.45) is 0 Å². The first kappa shape index (κ1) is 17.9. The van der Waals surface area contributed by atoms with Crippen LogP contribution in [0.3, 0.4) is 0 Å². The van der Waals surface area contributed by atoms with E-state index in [1.807, 2.05) is 40.7 Å². The van der Waals surface area contributed by atoms with E-state index in [1.54, 1.807) is 12.1 Å². The molecule has 3 aromatic rings. The highest BCUT2D eigenvalue weighted by atomic mass is 19.1. The number of carbonyl (C=O) groups is 1. The second kappa shape index (κ2) is 7.00. The summed E-state index contributed by atoms with van der Waals surface area (Å²) in [4.78, 5) is 20.1. The molecule has 148 valence electrons.